The lowest BCUT2D eigenvalue weighted by Crippen LogP contribution is -2.20. The van der Waals surface area contributed by atoms with Gasteiger partial charge in [0.15, 0.2) is 0 Å². The lowest BCUT2D eigenvalue weighted by molar-refractivity contribution is -0.114. The number of fused-ring (bicyclic) bond motifs is 1. The molecule has 27 heavy (non-hydrogen) atoms. The third kappa shape index (κ3) is 3.90. The average molecular weight is 384 g/mol. The van der Waals surface area contributed by atoms with Crippen LogP contribution in [0.5, 0.6) is 0 Å². The van der Waals surface area contributed by atoms with Crippen LogP contribution in [0.15, 0.2) is 35.4 Å². The first kappa shape index (κ1) is 18.8. The fourth-order valence-electron chi connectivity index (χ4n) is 2.84. The van der Waals surface area contributed by atoms with Crippen LogP contribution < -0.4 is 16.2 Å². The van der Waals surface area contributed by atoms with Crippen LogP contribution in [-0.4, -0.2) is 21.4 Å². The topological polar surface area (TPSA) is 93.1 Å². The third-order valence-electron chi connectivity index (χ3n) is 4.03. The maximum absolute atomic E-state index is 12.7. The van der Waals surface area contributed by atoms with Crippen molar-refractivity contribution in [2.75, 3.05) is 10.6 Å². The van der Waals surface area contributed by atoms with Crippen LogP contribution in [0.4, 0.5) is 11.4 Å². The highest BCUT2D eigenvalue weighted by molar-refractivity contribution is 7.20. The minimum Gasteiger partial charge on any atom is -0.326 e. The van der Waals surface area contributed by atoms with Crippen molar-refractivity contribution < 1.29 is 9.59 Å². The van der Waals surface area contributed by atoms with E-state index in [9.17, 15) is 14.4 Å². The molecular weight excluding hydrogens is 364 g/mol. The van der Waals surface area contributed by atoms with Crippen LogP contribution in [0, 0.1) is 6.92 Å². The fourth-order valence-corrected chi connectivity index (χ4v) is 3.88. The zero-order valence-corrected chi connectivity index (χ0v) is 16.1. The van der Waals surface area contributed by atoms with Gasteiger partial charge in [-0.25, -0.2) is 4.98 Å². The molecule has 0 aliphatic rings. The van der Waals surface area contributed by atoms with Crippen molar-refractivity contribution in [3.05, 3.63) is 51.4 Å². The number of anilines is 2. The van der Waals surface area contributed by atoms with E-state index in [1.165, 1.54) is 24.6 Å². The van der Waals surface area contributed by atoms with Crippen molar-refractivity contribution in [2.24, 2.45) is 0 Å². The first-order chi connectivity index (χ1) is 12.9. The number of benzene rings is 1. The molecule has 2 amide bonds. The van der Waals surface area contributed by atoms with Crippen molar-refractivity contribution in [3.8, 4) is 0 Å². The zero-order chi connectivity index (χ0) is 19.6. The van der Waals surface area contributed by atoms with Gasteiger partial charge in [-0.15, -0.1) is 11.3 Å². The van der Waals surface area contributed by atoms with E-state index >= 15 is 0 Å². The summed E-state index contributed by atoms with van der Waals surface area (Å²) in [6.45, 7) is 5.77. The van der Waals surface area contributed by atoms with Gasteiger partial charge in [-0.05, 0) is 37.1 Å². The average Bonchev–Trinajstić information content (AvgIpc) is 2.95. The number of hydrogen-bond donors (Lipinski definition) is 2. The summed E-state index contributed by atoms with van der Waals surface area (Å²) in [5.74, 6) is -0.495. The molecule has 0 spiro atoms. The van der Waals surface area contributed by atoms with Gasteiger partial charge in [0.05, 0.1) is 16.6 Å². The summed E-state index contributed by atoms with van der Waals surface area (Å²) in [7, 11) is 0. The maximum Gasteiger partial charge on any atom is 0.266 e. The monoisotopic (exact) mass is 384 g/mol. The summed E-state index contributed by atoms with van der Waals surface area (Å²) in [6.07, 6.45) is 2.36. The van der Waals surface area contributed by atoms with Gasteiger partial charge in [-0.3, -0.25) is 19.0 Å². The van der Waals surface area contributed by atoms with Crippen LogP contribution in [0.3, 0.4) is 0 Å². The predicted molar refractivity (Wildman–Crippen MR) is 108 cm³/mol. The van der Waals surface area contributed by atoms with Crippen molar-refractivity contribution in [1.29, 1.82) is 0 Å². The third-order valence-corrected chi connectivity index (χ3v) is 5.23. The second-order valence-corrected chi connectivity index (χ2v) is 7.19. The van der Waals surface area contributed by atoms with Crippen LogP contribution in [0.2, 0.25) is 0 Å². The molecule has 0 aliphatic carbocycles. The number of carbonyl (C=O) groups is 2. The number of carbonyl (C=O) groups excluding carboxylic acids is 2. The highest BCUT2D eigenvalue weighted by atomic mass is 32.1. The van der Waals surface area contributed by atoms with Gasteiger partial charge in [0.2, 0.25) is 5.91 Å². The Morgan fingerprint density at radius 1 is 1.22 bits per heavy atom. The molecule has 140 valence electrons. The van der Waals surface area contributed by atoms with Gasteiger partial charge in [0.1, 0.15) is 4.83 Å². The summed E-state index contributed by atoms with van der Waals surface area (Å²) in [4.78, 5) is 41.9. The standard InChI is InChI=1S/C19H20N4O3S/c1-4-8-23-10-20-18-15(19(23)26)11(2)16(27-18)17(25)22-14-7-5-6-13(9-14)21-12(3)24/h5-7,9-10H,4,8H2,1-3H3,(H,21,24)(H,22,25). The molecule has 3 aromatic rings. The molecule has 1 aromatic carbocycles. The normalized spacial score (nSPS) is 10.8. The molecule has 0 aliphatic heterocycles. The molecule has 0 saturated carbocycles. The Bertz CT molecular complexity index is 1080. The molecule has 3 rings (SSSR count). The van der Waals surface area contributed by atoms with E-state index < -0.39 is 0 Å². The van der Waals surface area contributed by atoms with Crippen molar-refractivity contribution in [1.82, 2.24) is 9.55 Å². The van der Waals surface area contributed by atoms with E-state index in [2.05, 4.69) is 15.6 Å². The number of amides is 2. The number of thiophene rings is 1. The number of aryl methyl sites for hydroxylation is 2. The summed E-state index contributed by atoms with van der Waals surface area (Å²) >= 11 is 1.20. The van der Waals surface area contributed by atoms with Gasteiger partial charge >= 0.3 is 0 Å². The van der Waals surface area contributed by atoms with Gasteiger partial charge in [-0.1, -0.05) is 13.0 Å². The molecule has 0 saturated heterocycles. The predicted octanol–water partition coefficient (Wildman–Crippen LogP) is 3.39. The highest BCUT2D eigenvalue weighted by Crippen LogP contribution is 2.28. The van der Waals surface area contributed by atoms with E-state index in [0.29, 0.717) is 38.6 Å². The van der Waals surface area contributed by atoms with Crippen LogP contribution >= 0.6 is 11.3 Å². The lowest BCUT2D eigenvalue weighted by Gasteiger charge is -2.07. The largest absolute Gasteiger partial charge is 0.326 e. The minimum absolute atomic E-state index is 0.123. The van der Waals surface area contributed by atoms with E-state index in [-0.39, 0.29) is 17.4 Å². The Labute approximate surface area is 160 Å². The molecule has 2 heterocycles. The van der Waals surface area contributed by atoms with Gasteiger partial charge in [-0.2, -0.15) is 0 Å². The van der Waals surface area contributed by atoms with E-state index in [0.717, 1.165) is 6.42 Å². The molecule has 0 fully saturated rings. The van der Waals surface area contributed by atoms with Gasteiger partial charge in [0.25, 0.3) is 11.5 Å². The molecule has 7 nitrogen and oxygen atoms in total. The van der Waals surface area contributed by atoms with E-state index in [1.807, 2.05) is 6.92 Å². The SMILES string of the molecule is CCCn1cnc2sc(C(=O)Nc3cccc(NC(C)=O)c3)c(C)c2c1=O. The number of nitrogens with one attached hydrogen (secondary N) is 2. The second kappa shape index (κ2) is 7.71. The van der Waals surface area contributed by atoms with Crippen molar-refractivity contribution >= 4 is 44.7 Å². The Balaban J connectivity index is 1.92. The number of aromatic nitrogens is 2. The Morgan fingerprint density at radius 3 is 2.59 bits per heavy atom. The van der Waals surface area contributed by atoms with E-state index in [4.69, 9.17) is 0 Å². The van der Waals surface area contributed by atoms with Crippen molar-refractivity contribution in [3.63, 3.8) is 0 Å². The number of hydrogen-bond acceptors (Lipinski definition) is 5. The lowest BCUT2D eigenvalue weighted by atomic mass is 10.2. The fraction of sp³-hybridized carbons (Fsp3) is 0.263. The minimum atomic E-state index is -0.308. The molecule has 0 bridgehead atoms. The Hall–Kier alpha value is -3.00. The zero-order valence-electron chi connectivity index (χ0n) is 15.3. The maximum atomic E-state index is 12.7. The molecule has 0 atom stereocenters. The quantitative estimate of drug-likeness (QED) is 0.705. The second-order valence-electron chi connectivity index (χ2n) is 6.20. The molecule has 2 N–H and O–H groups in total. The van der Waals surface area contributed by atoms with Gasteiger partial charge in [0, 0.05) is 24.8 Å². The Morgan fingerprint density at radius 2 is 1.93 bits per heavy atom. The smallest absolute Gasteiger partial charge is 0.266 e. The summed E-state index contributed by atoms with van der Waals surface area (Å²) in [5, 5.41) is 5.99. The summed E-state index contributed by atoms with van der Waals surface area (Å²) in [6, 6.07) is 6.89. The molecule has 2 aromatic heterocycles. The van der Waals surface area contributed by atoms with Crippen LogP contribution in [-0.2, 0) is 11.3 Å². The molecule has 0 radical (unpaired) electrons. The highest BCUT2D eigenvalue weighted by Gasteiger charge is 2.19. The van der Waals surface area contributed by atoms with Crippen LogP contribution in [0.25, 0.3) is 10.2 Å². The molecular formula is C19H20N4O3S. The molecule has 8 heteroatoms. The number of nitrogens with zero attached hydrogens (tertiary/aromatic N) is 2. The molecule has 0 unspecified atom stereocenters. The van der Waals surface area contributed by atoms with Gasteiger partial charge < -0.3 is 10.6 Å². The van der Waals surface area contributed by atoms with Crippen LogP contribution in [0.1, 0.15) is 35.5 Å². The summed E-state index contributed by atoms with van der Waals surface area (Å²) in [5.41, 5.74) is 1.66. The Kier molecular flexibility index (Phi) is 5.36. The summed E-state index contributed by atoms with van der Waals surface area (Å²) < 4.78 is 1.57. The first-order valence-electron chi connectivity index (χ1n) is 8.58. The first-order valence-corrected chi connectivity index (χ1v) is 9.40. The van der Waals surface area contributed by atoms with E-state index in [1.54, 1.807) is 35.8 Å². The van der Waals surface area contributed by atoms with Crippen molar-refractivity contribution in [2.45, 2.75) is 33.7 Å². The number of rotatable bonds is 5.